The monoisotopic (exact) mass is 354 g/mol. The van der Waals surface area contributed by atoms with Crippen molar-refractivity contribution >= 4 is 34.8 Å². The summed E-state index contributed by atoms with van der Waals surface area (Å²) in [5.74, 6) is 0.920. The van der Waals surface area contributed by atoms with E-state index < -0.39 is 0 Å². The molecule has 1 fully saturated rings. The maximum Gasteiger partial charge on any atom is 0.281 e. The number of likely N-dealkylation sites (N-methyl/N-ethyl adjacent to an activating group) is 1. The van der Waals surface area contributed by atoms with Crippen LogP contribution in [0, 0.1) is 0 Å². The number of rotatable bonds is 6. The van der Waals surface area contributed by atoms with Crippen LogP contribution in [0.1, 0.15) is 11.1 Å². The number of hydrogen-bond donors (Lipinski definition) is 0. The zero-order valence-electron chi connectivity index (χ0n) is 14.8. The van der Waals surface area contributed by atoms with Crippen molar-refractivity contribution in [1.29, 1.82) is 0 Å². The Morgan fingerprint density at radius 3 is 2.36 bits per heavy atom. The third kappa shape index (κ3) is 4.86. The van der Waals surface area contributed by atoms with E-state index in [0.717, 1.165) is 25.4 Å². The van der Waals surface area contributed by atoms with E-state index in [1.54, 1.807) is 0 Å². The van der Waals surface area contributed by atoms with Gasteiger partial charge in [0.2, 0.25) is 0 Å². The minimum Gasteiger partial charge on any atom is -0.373 e. The van der Waals surface area contributed by atoms with Crippen LogP contribution in [0.2, 0.25) is 0 Å². The minimum absolute atomic E-state index is 0.211. The highest BCUT2D eigenvalue weighted by atomic mass is 32.2. The molecule has 0 radical (unpaired) electrons. The lowest BCUT2D eigenvalue weighted by atomic mass is 10.1. The van der Waals surface area contributed by atoms with Crippen molar-refractivity contribution in [3.8, 4) is 0 Å². The number of nitrogens with zero attached hydrogens (tertiary/aromatic N) is 3. The van der Waals surface area contributed by atoms with Gasteiger partial charge in [0.25, 0.3) is 5.24 Å². The summed E-state index contributed by atoms with van der Waals surface area (Å²) in [6, 6.07) is 12.7. The average Bonchev–Trinajstić information content (AvgIpc) is 3.04. The van der Waals surface area contributed by atoms with E-state index in [9.17, 15) is 4.79 Å². The van der Waals surface area contributed by atoms with Gasteiger partial charge in [-0.25, -0.2) is 4.57 Å². The minimum atomic E-state index is 0.211. The fourth-order valence-electron chi connectivity index (χ4n) is 2.68. The molecule has 2 heterocycles. The fraction of sp³-hybridized carbons (Fsp3) is 0.300. The summed E-state index contributed by atoms with van der Waals surface area (Å²) < 4.78 is 2.02. The lowest BCUT2D eigenvalue weighted by molar-refractivity contribution is -0.671. The van der Waals surface area contributed by atoms with E-state index in [-0.39, 0.29) is 5.24 Å². The zero-order chi connectivity index (χ0) is 17.6. The molecule has 0 N–H and O–H groups in total. The van der Waals surface area contributed by atoms with Crippen molar-refractivity contribution in [2.75, 3.05) is 37.3 Å². The standard InChI is InChI=1S/C20H24N3OS/c1-21-11-9-18(10-12-21)4-3-17-5-7-19(8-6-17)22(2)13-14-23-15-16-25-20(23)24/h3-12H,13-16H2,1-2H3/q+1. The third-order valence-electron chi connectivity index (χ3n) is 4.36. The molecule has 3 rings (SSSR count). The summed E-state index contributed by atoms with van der Waals surface area (Å²) >= 11 is 1.42. The molecule has 0 saturated carbocycles. The molecule has 5 heteroatoms. The highest BCUT2D eigenvalue weighted by Crippen LogP contribution is 2.19. The molecular weight excluding hydrogens is 330 g/mol. The molecule has 1 amide bonds. The molecule has 1 aromatic carbocycles. The molecule has 25 heavy (non-hydrogen) atoms. The number of aromatic nitrogens is 1. The van der Waals surface area contributed by atoms with Gasteiger partial charge in [0, 0.05) is 50.3 Å². The van der Waals surface area contributed by atoms with Crippen molar-refractivity contribution in [1.82, 2.24) is 4.90 Å². The second-order valence-corrected chi connectivity index (χ2v) is 7.29. The van der Waals surface area contributed by atoms with Gasteiger partial charge in [0.1, 0.15) is 7.05 Å². The van der Waals surface area contributed by atoms with Gasteiger partial charge < -0.3 is 9.80 Å². The predicted molar refractivity (Wildman–Crippen MR) is 106 cm³/mol. The molecule has 1 aliphatic rings. The molecule has 2 aromatic rings. The number of aryl methyl sites for hydroxylation is 1. The first-order chi connectivity index (χ1) is 12.1. The zero-order valence-corrected chi connectivity index (χ0v) is 15.6. The van der Waals surface area contributed by atoms with Gasteiger partial charge in [-0.05, 0) is 23.3 Å². The van der Waals surface area contributed by atoms with Gasteiger partial charge in [-0.1, -0.05) is 36.0 Å². The smallest absolute Gasteiger partial charge is 0.281 e. The number of thioether (sulfide) groups is 1. The number of amides is 1. The highest BCUT2D eigenvalue weighted by Gasteiger charge is 2.20. The van der Waals surface area contributed by atoms with Crippen molar-refractivity contribution in [3.63, 3.8) is 0 Å². The summed E-state index contributed by atoms with van der Waals surface area (Å²) in [4.78, 5) is 15.8. The Kier molecular flexibility index (Phi) is 5.76. The van der Waals surface area contributed by atoms with Crippen molar-refractivity contribution in [3.05, 3.63) is 59.9 Å². The fourth-order valence-corrected chi connectivity index (χ4v) is 3.54. The van der Waals surface area contributed by atoms with Gasteiger partial charge in [0.05, 0.1) is 0 Å². The van der Waals surface area contributed by atoms with Crippen molar-refractivity contribution in [2.45, 2.75) is 0 Å². The number of hydrogen-bond acceptors (Lipinski definition) is 3. The summed E-state index contributed by atoms with van der Waals surface area (Å²) in [6.07, 6.45) is 8.33. The number of carbonyl (C=O) groups excluding carboxylic acids is 1. The number of anilines is 1. The van der Waals surface area contributed by atoms with Gasteiger partial charge in [0.15, 0.2) is 12.4 Å². The summed E-state index contributed by atoms with van der Waals surface area (Å²) in [5, 5.41) is 0.211. The summed E-state index contributed by atoms with van der Waals surface area (Å²) in [7, 11) is 4.09. The first-order valence-electron chi connectivity index (χ1n) is 8.48. The predicted octanol–water partition coefficient (Wildman–Crippen LogP) is 3.29. The van der Waals surface area contributed by atoms with Gasteiger partial charge in [-0.2, -0.15) is 0 Å². The molecular formula is C20H24N3OS+. The Morgan fingerprint density at radius 2 is 1.76 bits per heavy atom. The van der Waals surface area contributed by atoms with Crippen LogP contribution in [0.4, 0.5) is 10.5 Å². The second-order valence-electron chi connectivity index (χ2n) is 6.24. The van der Waals surface area contributed by atoms with Crippen LogP contribution in [0.3, 0.4) is 0 Å². The number of pyridine rings is 1. The first-order valence-corrected chi connectivity index (χ1v) is 9.47. The second kappa shape index (κ2) is 8.21. The molecule has 0 bridgehead atoms. The Labute approximate surface area is 153 Å². The van der Waals surface area contributed by atoms with Crippen LogP contribution in [-0.2, 0) is 7.05 Å². The van der Waals surface area contributed by atoms with Gasteiger partial charge in [-0.3, -0.25) is 4.79 Å². The molecule has 0 aliphatic carbocycles. The lowest BCUT2D eigenvalue weighted by Crippen LogP contribution is -2.33. The average molecular weight is 354 g/mol. The van der Waals surface area contributed by atoms with E-state index in [4.69, 9.17) is 0 Å². The SMILES string of the molecule is CN(CCN1CCSC1=O)c1ccc(C=Cc2cc[n+](C)cc2)cc1. The van der Waals surface area contributed by atoms with Crippen LogP contribution in [0.15, 0.2) is 48.8 Å². The quantitative estimate of drug-likeness (QED) is 0.745. The van der Waals surface area contributed by atoms with Crippen molar-refractivity contribution in [2.24, 2.45) is 7.05 Å². The largest absolute Gasteiger partial charge is 0.373 e. The van der Waals surface area contributed by atoms with Crippen LogP contribution in [0.25, 0.3) is 12.2 Å². The topological polar surface area (TPSA) is 27.4 Å². The normalized spacial score (nSPS) is 14.5. The Balaban J connectivity index is 1.55. The molecule has 130 valence electrons. The lowest BCUT2D eigenvalue weighted by Gasteiger charge is -2.23. The third-order valence-corrected chi connectivity index (χ3v) is 5.25. The van der Waals surface area contributed by atoms with E-state index in [0.29, 0.717) is 0 Å². The molecule has 0 spiro atoms. The Bertz CT molecular complexity index is 741. The van der Waals surface area contributed by atoms with Gasteiger partial charge >= 0.3 is 0 Å². The maximum atomic E-state index is 11.6. The van der Waals surface area contributed by atoms with Crippen LogP contribution < -0.4 is 9.47 Å². The van der Waals surface area contributed by atoms with Gasteiger partial charge in [-0.15, -0.1) is 0 Å². The van der Waals surface area contributed by atoms with Crippen LogP contribution >= 0.6 is 11.8 Å². The number of carbonyl (C=O) groups is 1. The first kappa shape index (κ1) is 17.5. The number of benzene rings is 1. The van der Waals surface area contributed by atoms with Crippen LogP contribution in [0.5, 0.6) is 0 Å². The molecule has 1 saturated heterocycles. The maximum absolute atomic E-state index is 11.6. The molecule has 4 nitrogen and oxygen atoms in total. The molecule has 0 atom stereocenters. The van der Waals surface area contributed by atoms with E-state index >= 15 is 0 Å². The Hall–Kier alpha value is -2.27. The van der Waals surface area contributed by atoms with E-state index in [2.05, 4.69) is 60.5 Å². The van der Waals surface area contributed by atoms with E-state index in [1.165, 1.54) is 28.6 Å². The Morgan fingerprint density at radius 1 is 1.12 bits per heavy atom. The summed E-state index contributed by atoms with van der Waals surface area (Å²) in [5.41, 5.74) is 3.53. The molecule has 1 aliphatic heterocycles. The summed E-state index contributed by atoms with van der Waals surface area (Å²) in [6.45, 7) is 2.51. The molecule has 1 aromatic heterocycles. The van der Waals surface area contributed by atoms with Crippen molar-refractivity contribution < 1.29 is 9.36 Å². The van der Waals surface area contributed by atoms with Crippen LogP contribution in [-0.4, -0.2) is 42.6 Å². The van der Waals surface area contributed by atoms with E-state index in [1.807, 2.05) is 28.9 Å². The highest BCUT2D eigenvalue weighted by molar-refractivity contribution is 8.13. The molecule has 0 unspecified atom stereocenters.